The van der Waals surface area contributed by atoms with Gasteiger partial charge in [-0.1, -0.05) is 101 Å². The normalized spacial score (nSPS) is 20.0. The van der Waals surface area contributed by atoms with Crippen molar-refractivity contribution >= 4 is 81.6 Å². The molecule has 9 nitrogen and oxygen atoms in total. The van der Waals surface area contributed by atoms with Gasteiger partial charge in [0, 0.05) is 11.6 Å². The molecule has 1 saturated heterocycles. The van der Waals surface area contributed by atoms with Crippen LogP contribution in [0.1, 0.15) is 12.0 Å². The van der Waals surface area contributed by atoms with Crippen molar-refractivity contribution in [2.45, 2.75) is 31.1 Å². The second-order valence-electron chi connectivity index (χ2n) is 10.4. The van der Waals surface area contributed by atoms with Crippen LogP contribution in [-0.2, 0) is 35.0 Å². The predicted octanol–water partition coefficient (Wildman–Crippen LogP) is 8.19. The Balaban J connectivity index is 1.12. The molecule has 4 atom stereocenters. The Morgan fingerprint density at radius 1 is 0.717 bits per heavy atom. The topological polar surface area (TPSA) is 112 Å². The number of carbonyl (C=O) groups is 3. The van der Waals surface area contributed by atoms with E-state index in [1.807, 2.05) is 24.3 Å². The van der Waals surface area contributed by atoms with Crippen LogP contribution in [0.2, 0.25) is 20.1 Å². The summed E-state index contributed by atoms with van der Waals surface area (Å²) in [4.78, 5) is 37.5. The Morgan fingerprint density at radius 3 is 1.93 bits per heavy atom. The van der Waals surface area contributed by atoms with Gasteiger partial charge in [-0.3, -0.25) is 9.59 Å². The van der Waals surface area contributed by atoms with Crippen LogP contribution in [0.15, 0.2) is 85.0 Å². The summed E-state index contributed by atoms with van der Waals surface area (Å²) in [7, 11) is 0. The number of rotatable bonds is 12. The molecular weight excluding hydrogens is 678 g/mol. The van der Waals surface area contributed by atoms with Crippen LogP contribution in [0.5, 0.6) is 0 Å². The molecule has 0 bridgehead atoms. The summed E-state index contributed by atoms with van der Waals surface area (Å²) in [6, 6.07) is 17.1. The molecule has 0 radical (unpaired) electrons. The number of hydrogen-bond acceptors (Lipinski definition) is 9. The lowest BCUT2D eigenvalue weighted by Gasteiger charge is -2.26. The van der Waals surface area contributed by atoms with Gasteiger partial charge in [-0.2, -0.15) is 0 Å². The molecular formula is C33H28Cl4N2O7. The summed E-state index contributed by atoms with van der Waals surface area (Å²) in [6.07, 6.45) is 4.52. The lowest BCUT2D eigenvalue weighted by molar-refractivity contribution is -0.151. The fourth-order valence-electron chi connectivity index (χ4n) is 4.87. The summed E-state index contributed by atoms with van der Waals surface area (Å²) in [5.74, 6) is -1.37. The smallest absolute Gasteiger partial charge is 0.462 e. The van der Waals surface area contributed by atoms with Crippen LogP contribution in [0.25, 0.3) is 0 Å². The molecule has 0 spiro atoms. The van der Waals surface area contributed by atoms with E-state index < -0.39 is 30.3 Å². The Kier molecular flexibility index (Phi) is 11.4. The van der Waals surface area contributed by atoms with Crippen molar-refractivity contribution in [3.05, 3.63) is 111 Å². The number of hydrogen-bond donors (Lipinski definition) is 2. The highest BCUT2D eigenvalue weighted by Gasteiger charge is 2.39. The molecule has 1 aliphatic heterocycles. The molecule has 0 saturated carbocycles. The quantitative estimate of drug-likeness (QED) is 0.142. The first kappa shape index (κ1) is 33.5. The molecule has 1 heterocycles. The van der Waals surface area contributed by atoms with Gasteiger partial charge in [0.1, 0.15) is 13.2 Å². The third-order valence-corrected chi connectivity index (χ3v) is 8.49. The maximum Gasteiger partial charge on any atom is 0.509 e. The van der Waals surface area contributed by atoms with Gasteiger partial charge in [-0.05, 0) is 35.9 Å². The molecule has 2 N–H and O–H groups in total. The Bertz CT molecular complexity index is 1620. The van der Waals surface area contributed by atoms with Crippen molar-refractivity contribution in [3.63, 3.8) is 0 Å². The van der Waals surface area contributed by atoms with Crippen LogP contribution >= 0.6 is 46.4 Å². The van der Waals surface area contributed by atoms with E-state index in [4.69, 9.17) is 65.4 Å². The monoisotopic (exact) mass is 704 g/mol. The average molecular weight is 706 g/mol. The first-order valence-corrected chi connectivity index (χ1v) is 15.7. The first-order valence-electron chi connectivity index (χ1n) is 14.2. The van der Waals surface area contributed by atoms with Crippen molar-refractivity contribution < 1.29 is 33.3 Å². The van der Waals surface area contributed by atoms with Gasteiger partial charge in [0.2, 0.25) is 0 Å². The lowest BCUT2D eigenvalue weighted by Crippen LogP contribution is -2.34. The molecule has 1 fully saturated rings. The molecule has 3 aromatic rings. The Hall–Kier alpha value is -3.89. The summed E-state index contributed by atoms with van der Waals surface area (Å²) in [5.41, 5.74) is 2.31. The van der Waals surface area contributed by atoms with E-state index in [2.05, 4.69) is 10.6 Å². The number of para-hydroxylation sites is 3. The van der Waals surface area contributed by atoms with E-state index in [9.17, 15) is 14.4 Å². The summed E-state index contributed by atoms with van der Waals surface area (Å²) >= 11 is 25.2. The molecule has 13 heteroatoms. The van der Waals surface area contributed by atoms with E-state index in [0.29, 0.717) is 42.7 Å². The molecule has 240 valence electrons. The fourth-order valence-corrected chi connectivity index (χ4v) is 5.87. The van der Waals surface area contributed by atoms with Gasteiger partial charge in [0.25, 0.3) is 0 Å². The van der Waals surface area contributed by atoms with Crippen LogP contribution in [-0.4, -0.2) is 49.6 Å². The largest absolute Gasteiger partial charge is 0.509 e. The minimum Gasteiger partial charge on any atom is -0.462 e. The standard InChI is InChI=1S/C33H28Cl4N2O7/c34-21-9-5-10-22(35)31(21)38-25-13-3-1-7-19(25)15-29(40)43-17-27-28(46-33(42)45-27)18-44-30(41)16-20-8-2-4-14-26(20)39-32-23(36)11-6-12-24(32)37/h1-14,19,25,27-28,38-39H,15-18H2. The second-order valence-corrected chi connectivity index (χ2v) is 12.0. The summed E-state index contributed by atoms with van der Waals surface area (Å²) in [5, 5.41) is 8.20. The van der Waals surface area contributed by atoms with Crippen molar-refractivity contribution in [2.24, 2.45) is 5.92 Å². The van der Waals surface area contributed by atoms with Crippen LogP contribution in [0.3, 0.4) is 0 Å². The van der Waals surface area contributed by atoms with E-state index in [-0.39, 0.29) is 38.0 Å². The molecule has 3 aromatic carbocycles. The minimum atomic E-state index is -0.964. The number of anilines is 3. The third-order valence-electron chi connectivity index (χ3n) is 7.23. The summed E-state index contributed by atoms with van der Waals surface area (Å²) in [6.45, 7) is -0.571. The second kappa shape index (κ2) is 15.6. The highest BCUT2D eigenvalue weighted by Crippen LogP contribution is 2.34. The Labute approximate surface area is 285 Å². The van der Waals surface area contributed by atoms with Crippen molar-refractivity contribution in [2.75, 3.05) is 23.8 Å². The van der Waals surface area contributed by atoms with Gasteiger partial charge in [-0.15, -0.1) is 0 Å². The van der Waals surface area contributed by atoms with Crippen molar-refractivity contribution in [1.82, 2.24) is 0 Å². The third kappa shape index (κ3) is 8.67. The zero-order valence-electron chi connectivity index (χ0n) is 24.1. The molecule has 5 rings (SSSR count). The van der Waals surface area contributed by atoms with Gasteiger partial charge >= 0.3 is 18.1 Å². The molecule has 46 heavy (non-hydrogen) atoms. The number of ether oxygens (including phenoxy) is 4. The zero-order valence-corrected chi connectivity index (χ0v) is 27.1. The number of allylic oxidation sites excluding steroid dienone is 2. The fraction of sp³-hybridized carbons (Fsp3) is 0.242. The predicted molar refractivity (Wildman–Crippen MR) is 177 cm³/mol. The number of cyclic esters (lactones) is 2. The van der Waals surface area contributed by atoms with E-state index in [1.54, 1.807) is 60.7 Å². The average Bonchev–Trinajstić information content (AvgIpc) is 3.39. The molecule has 4 unspecified atom stereocenters. The molecule has 1 aliphatic carbocycles. The molecule has 2 aliphatic rings. The van der Waals surface area contributed by atoms with E-state index in [1.165, 1.54) is 0 Å². The molecule has 0 aromatic heterocycles. The Morgan fingerprint density at radius 2 is 1.28 bits per heavy atom. The van der Waals surface area contributed by atoms with Crippen LogP contribution in [0, 0.1) is 5.92 Å². The van der Waals surface area contributed by atoms with E-state index in [0.717, 1.165) is 0 Å². The van der Waals surface area contributed by atoms with E-state index >= 15 is 0 Å². The SMILES string of the molecule is O=C(Cc1ccccc1Nc1c(Cl)cccc1Cl)OCC1OC(=O)OC1COC(=O)CC1C=CC=CC1Nc1c(Cl)cccc1Cl. The highest BCUT2D eigenvalue weighted by atomic mass is 35.5. The first-order chi connectivity index (χ1) is 22.2. The summed E-state index contributed by atoms with van der Waals surface area (Å²) < 4.78 is 21.2. The van der Waals surface area contributed by atoms with Crippen LogP contribution < -0.4 is 10.6 Å². The zero-order chi connectivity index (χ0) is 32.6. The number of halogens is 4. The minimum absolute atomic E-state index is 0.0224. The maximum atomic E-state index is 12.8. The number of benzene rings is 3. The van der Waals surface area contributed by atoms with Crippen LogP contribution in [0.4, 0.5) is 21.9 Å². The number of esters is 2. The highest BCUT2D eigenvalue weighted by molar-refractivity contribution is 6.39. The number of carbonyl (C=O) groups excluding carboxylic acids is 3. The van der Waals surface area contributed by atoms with Crippen molar-refractivity contribution in [3.8, 4) is 0 Å². The van der Waals surface area contributed by atoms with Gasteiger partial charge in [-0.25, -0.2) is 4.79 Å². The number of nitrogens with one attached hydrogen (secondary N) is 2. The van der Waals surface area contributed by atoms with Crippen molar-refractivity contribution in [1.29, 1.82) is 0 Å². The van der Waals surface area contributed by atoms with Gasteiger partial charge < -0.3 is 29.6 Å². The van der Waals surface area contributed by atoms with Gasteiger partial charge in [0.05, 0.1) is 50.3 Å². The van der Waals surface area contributed by atoms with Gasteiger partial charge in [0.15, 0.2) is 12.2 Å². The molecule has 0 amide bonds. The lowest BCUT2D eigenvalue weighted by atomic mass is 9.92. The maximum absolute atomic E-state index is 12.8.